The van der Waals surface area contributed by atoms with E-state index in [-0.39, 0.29) is 11.9 Å². The molecular formula is C20H28N4O3. The van der Waals surface area contributed by atoms with Crippen LogP contribution < -0.4 is 5.32 Å². The number of hydrogen-bond acceptors (Lipinski definition) is 6. The van der Waals surface area contributed by atoms with Crippen LogP contribution in [0, 0.1) is 0 Å². The molecule has 0 unspecified atom stereocenters. The molecule has 0 saturated carbocycles. The predicted molar refractivity (Wildman–Crippen MR) is 103 cm³/mol. The first-order chi connectivity index (χ1) is 13.1. The van der Waals surface area contributed by atoms with E-state index in [2.05, 4.69) is 15.4 Å². The Bertz CT molecular complexity index is 717. The molecule has 1 aromatic heterocycles. The number of nitrogens with one attached hydrogen (secondary N) is 1. The lowest BCUT2D eigenvalue weighted by Gasteiger charge is -2.34. The molecule has 0 spiro atoms. The fourth-order valence-corrected chi connectivity index (χ4v) is 3.12. The van der Waals surface area contributed by atoms with Gasteiger partial charge in [0.1, 0.15) is 5.69 Å². The molecule has 1 N–H and O–H groups in total. The molecule has 1 saturated heterocycles. The van der Waals surface area contributed by atoms with Crippen LogP contribution in [0.4, 0.5) is 0 Å². The van der Waals surface area contributed by atoms with Gasteiger partial charge >= 0.3 is 0 Å². The number of amides is 1. The number of ether oxygens (including phenoxy) is 1. The zero-order valence-electron chi connectivity index (χ0n) is 16.1. The molecule has 1 aromatic carbocycles. The van der Waals surface area contributed by atoms with E-state index >= 15 is 0 Å². The van der Waals surface area contributed by atoms with E-state index in [0.717, 1.165) is 30.1 Å². The molecule has 1 aliphatic heterocycles. The number of benzene rings is 1. The zero-order valence-corrected chi connectivity index (χ0v) is 16.1. The normalized spacial score (nSPS) is 18.0. The van der Waals surface area contributed by atoms with Crippen molar-refractivity contribution in [3.8, 4) is 11.3 Å². The second-order valence-electron chi connectivity index (χ2n) is 7.10. The fraction of sp³-hybridized carbons (Fsp3) is 0.500. The summed E-state index contributed by atoms with van der Waals surface area (Å²) >= 11 is 0. The largest absolute Gasteiger partial charge is 0.378 e. The lowest BCUT2D eigenvalue weighted by molar-refractivity contribution is -0.124. The Morgan fingerprint density at radius 1 is 1.33 bits per heavy atom. The van der Waals surface area contributed by atoms with E-state index in [0.29, 0.717) is 32.7 Å². The molecule has 1 aliphatic rings. The maximum absolute atomic E-state index is 12.2. The number of aromatic nitrogens is 1. The van der Waals surface area contributed by atoms with Crippen LogP contribution in [0.2, 0.25) is 0 Å². The summed E-state index contributed by atoms with van der Waals surface area (Å²) in [6.07, 6.45) is 0.424. The average molecular weight is 372 g/mol. The van der Waals surface area contributed by atoms with E-state index in [1.54, 1.807) is 0 Å². The number of morpholine rings is 1. The topological polar surface area (TPSA) is 70.8 Å². The van der Waals surface area contributed by atoms with Gasteiger partial charge in [0.25, 0.3) is 0 Å². The van der Waals surface area contributed by atoms with E-state index in [1.807, 2.05) is 55.4 Å². The van der Waals surface area contributed by atoms with Gasteiger partial charge in [-0.05, 0) is 14.1 Å². The molecule has 2 heterocycles. The first kappa shape index (κ1) is 19.5. The van der Waals surface area contributed by atoms with Crippen molar-refractivity contribution >= 4 is 5.91 Å². The first-order valence-corrected chi connectivity index (χ1v) is 9.36. The second kappa shape index (κ2) is 9.64. The van der Waals surface area contributed by atoms with Gasteiger partial charge in [-0.2, -0.15) is 0 Å². The summed E-state index contributed by atoms with van der Waals surface area (Å²) in [6.45, 7) is 4.11. The minimum Gasteiger partial charge on any atom is -0.378 e. The van der Waals surface area contributed by atoms with E-state index < -0.39 is 0 Å². The fourth-order valence-electron chi connectivity index (χ4n) is 3.12. The highest BCUT2D eigenvalue weighted by Crippen LogP contribution is 2.21. The average Bonchev–Trinajstić information content (AvgIpc) is 3.12. The summed E-state index contributed by atoms with van der Waals surface area (Å²) in [6, 6.07) is 12.0. The maximum Gasteiger partial charge on any atom is 0.221 e. The third-order valence-electron chi connectivity index (χ3n) is 4.64. The monoisotopic (exact) mass is 372 g/mol. The van der Waals surface area contributed by atoms with Crippen LogP contribution >= 0.6 is 0 Å². The number of nitrogens with zero attached hydrogens (tertiary/aromatic N) is 3. The van der Waals surface area contributed by atoms with Crippen molar-refractivity contribution in [2.24, 2.45) is 0 Å². The number of hydrogen-bond donors (Lipinski definition) is 1. The third kappa shape index (κ3) is 5.89. The molecule has 7 heteroatoms. The van der Waals surface area contributed by atoms with Crippen LogP contribution in [0.25, 0.3) is 11.3 Å². The number of carbonyl (C=O) groups excluding carboxylic acids is 1. The molecule has 27 heavy (non-hydrogen) atoms. The molecular weight excluding hydrogens is 344 g/mol. The SMILES string of the molecule is CN(C)CCNC(=O)C[C@H]1COCCN1Cc1cc(-c2ccccc2)no1. The molecule has 0 radical (unpaired) electrons. The van der Waals surface area contributed by atoms with Crippen LogP contribution in [-0.4, -0.2) is 73.8 Å². The highest BCUT2D eigenvalue weighted by atomic mass is 16.5. The molecule has 3 rings (SSSR count). The number of likely N-dealkylation sites (N-methyl/N-ethyl adjacent to an activating group) is 1. The van der Waals surface area contributed by atoms with Gasteiger partial charge < -0.3 is 19.5 Å². The molecule has 1 atom stereocenters. The van der Waals surface area contributed by atoms with Crippen LogP contribution in [0.15, 0.2) is 40.9 Å². The zero-order chi connectivity index (χ0) is 19.1. The van der Waals surface area contributed by atoms with Gasteiger partial charge in [0.05, 0.1) is 19.8 Å². The summed E-state index contributed by atoms with van der Waals surface area (Å²) in [7, 11) is 3.98. The van der Waals surface area contributed by atoms with E-state index in [4.69, 9.17) is 9.26 Å². The lowest BCUT2D eigenvalue weighted by atomic mass is 10.1. The van der Waals surface area contributed by atoms with Gasteiger partial charge in [0.2, 0.25) is 5.91 Å². The molecule has 0 aliphatic carbocycles. The quantitative estimate of drug-likeness (QED) is 0.759. The van der Waals surface area contributed by atoms with Crippen molar-refractivity contribution in [3.05, 3.63) is 42.2 Å². The molecule has 7 nitrogen and oxygen atoms in total. The lowest BCUT2D eigenvalue weighted by Crippen LogP contribution is -2.47. The Kier molecular flexibility index (Phi) is 6.98. The van der Waals surface area contributed by atoms with Gasteiger partial charge in [-0.3, -0.25) is 9.69 Å². The van der Waals surface area contributed by atoms with Crippen molar-refractivity contribution < 1.29 is 14.1 Å². The van der Waals surface area contributed by atoms with Crippen LogP contribution in [0.1, 0.15) is 12.2 Å². The minimum atomic E-state index is 0.0448. The van der Waals surface area contributed by atoms with Crippen molar-refractivity contribution in [2.75, 3.05) is 46.9 Å². The van der Waals surface area contributed by atoms with Crippen molar-refractivity contribution in [1.29, 1.82) is 0 Å². The van der Waals surface area contributed by atoms with E-state index in [1.165, 1.54) is 0 Å². The van der Waals surface area contributed by atoms with Crippen molar-refractivity contribution in [3.63, 3.8) is 0 Å². The summed E-state index contributed by atoms with van der Waals surface area (Å²) in [5.41, 5.74) is 1.86. The molecule has 2 aromatic rings. The number of rotatable bonds is 8. The standard InChI is InChI=1S/C20H28N4O3/c1-23(2)9-8-21-20(25)12-17-15-26-11-10-24(17)14-18-13-19(22-27-18)16-6-4-3-5-7-16/h3-7,13,17H,8-12,14-15H2,1-2H3,(H,21,25)/t17-/m0/s1. The Labute approximate surface area is 160 Å². The summed E-state index contributed by atoms with van der Waals surface area (Å²) in [4.78, 5) is 16.5. The first-order valence-electron chi connectivity index (χ1n) is 9.36. The Balaban J connectivity index is 1.56. The molecule has 1 fully saturated rings. The molecule has 146 valence electrons. The van der Waals surface area contributed by atoms with Crippen LogP contribution in [0.5, 0.6) is 0 Å². The van der Waals surface area contributed by atoms with Gasteiger partial charge in [-0.1, -0.05) is 35.5 Å². The minimum absolute atomic E-state index is 0.0448. The van der Waals surface area contributed by atoms with Crippen molar-refractivity contribution in [1.82, 2.24) is 20.3 Å². The van der Waals surface area contributed by atoms with Crippen molar-refractivity contribution in [2.45, 2.75) is 19.0 Å². The maximum atomic E-state index is 12.2. The Morgan fingerprint density at radius 2 is 2.15 bits per heavy atom. The Morgan fingerprint density at radius 3 is 2.93 bits per heavy atom. The smallest absolute Gasteiger partial charge is 0.221 e. The van der Waals surface area contributed by atoms with Gasteiger partial charge in [0, 0.05) is 43.7 Å². The summed E-state index contributed by atoms with van der Waals surface area (Å²) in [5, 5.41) is 7.15. The molecule has 0 bridgehead atoms. The summed E-state index contributed by atoms with van der Waals surface area (Å²) < 4.78 is 11.1. The molecule has 1 amide bonds. The number of carbonyl (C=O) groups is 1. The Hall–Kier alpha value is -2.22. The second-order valence-corrected chi connectivity index (χ2v) is 7.10. The predicted octanol–water partition coefficient (Wildman–Crippen LogP) is 1.61. The van der Waals surface area contributed by atoms with Gasteiger partial charge in [-0.15, -0.1) is 0 Å². The summed E-state index contributed by atoms with van der Waals surface area (Å²) in [5.74, 6) is 0.855. The van der Waals surface area contributed by atoms with Crippen LogP contribution in [-0.2, 0) is 16.1 Å². The highest BCUT2D eigenvalue weighted by molar-refractivity contribution is 5.76. The van der Waals surface area contributed by atoms with Gasteiger partial charge in [-0.25, -0.2) is 0 Å². The van der Waals surface area contributed by atoms with Gasteiger partial charge in [0.15, 0.2) is 5.76 Å². The van der Waals surface area contributed by atoms with E-state index in [9.17, 15) is 4.79 Å². The van der Waals surface area contributed by atoms with Crippen LogP contribution in [0.3, 0.4) is 0 Å². The third-order valence-corrected chi connectivity index (χ3v) is 4.64. The highest BCUT2D eigenvalue weighted by Gasteiger charge is 2.26.